The van der Waals surface area contributed by atoms with E-state index in [1.807, 2.05) is 65.6 Å². The molecular formula is C20H25ClN2O. The monoisotopic (exact) mass is 344 g/mol. The number of amides is 1. The number of nitrogens with two attached hydrogens (primary N) is 1. The van der Waals surface area contributed by atoms with Crippen LogP contribution in [0.25, 0.3) is 0 Å². The first kappa shape index (κ1) is 18.5. The lowest BCUT2D eigenvalue weighted by Crippen LogP contribution is -2.37. The minimum Gasteiger partial charge on any atom is -0.341 e. The summed E-state index contributed by atoms with van der Waals surface area (Å²) in [6.07, 6.45) is 0.978. The molecule has 1 aliphatic heterocycles. The Morgan fingerprint density at radius 2 is 1.58 bits per heavy atom. The smallest absolute Gasteiger partial charge is 0.234 e. The van der Waals surface area contributed by atoms with Gasteiger partial charge in [-0.15, -0.1) is 12.4 Å². The number of hydrogen-bond donors (Lipinski definition) is 1. The third-order valence-electron chi connectivity index (χ3n) is 4.88. The topological polar surface area (TPSA) is 46.3 Å². The molecule has 0 spiro atoms. The van der Waals surface area contributed by atoms with Crippen LogP contribution < -0.4 is 5.73 Å². The van der Waals surface area contributed by atoms with Crippen molar-refractivity contribution in [2.75, 3.05) is 19.6 Å². The average molecular weight is 345 g/mol. The van der Waals surface area contributed by atoms with E-state index in [-0.39, 0.29) is 29.6 Å². The van der Waals surface area contributed by atoms with Crippen molar-refractivity contribution in [2.45, 2.75) is 19.3 Å². The quantitative estimate of drug-likeness (QED) is 0.923. The molecule has 1 aliphatic rings. The van der Waals surface area contributed by atoms with Gasteiger partial charge in [0.15, 0.2) is 0 Å². The molecule has 4 heteroatoms. The summed E-state index contributed by atoms with van der Waals surface area (Å²) in [6.45, 7) is 4.33. The Kier molecular flexibility index (Phi) is 6.03. The van der Waals surface area contributed by atoms with Gasteiger partial charge in [-0.2, -0.15) is 0 Å². The summed E-state index contributed by atoms with van der Waals surface area (Å²) in [4.78, 5) is 15.2. The molecule has 0 aromatic heterocycles. The van der Waals surface area contributed by atoms with Crippen molar-refractivity contribution in [1.29, 1.82) is 0 Å². The van der Waals surface area contributed by atoms with Gasteiger partial charge in [0.05, 0.1) is 5.92 Å². The van der Waals surface area contributed by atoms with Crippen molar-refractivity contribution < 1.29 is 4.79 Å². The maximum Gasteiger partial charge on any atom is 0.234 e. The van der Waals surface area contributed by atoms with Gasteiger partial charge in [0.25, 0.3) is 0 Å². The van der Waals surface area contributed by atoms with Crippen molar-refractivity contribution in [3.63, 3.8) is 0 Å². The Morgan fingerprint density at radius 1 is 1.08 bits per heavy atom. The average Bonchev–Trinajstić information content (AvgIpc) is 3.00. The standard InChI is InChI=1S/C20H24N2O.ClH/c1-20(14-21)12-13-22(15-20)19(23)18(16-8-4-2-5-9-16)17-10-6-3-7-11-17;/h2-11,18H,12-15,21H2,1H3;1H. The number of nitrogens with zero attached hydrogens (tertiary/aromatic N) is 1. The highest BCUT2D eigenvalue weighted by molar-refractivity contribution is 5.87. The number of likely N-dealkylation sites (tertiary alicyclic amines) is 1. The van der Waals surface area contributed by atoms with Crippen molar-refractivity contribution >= 4 is 18.3 Å². The molecule has 1 amide bonds. The number of hydrogen-bond acceptors (Lipinski definition) is 2. The lowest BCUT2D eigenvalue weighted by atomic mass is 9.89. The molecule has 1 heterocycles. The molecule has 24 heavy (non-hydrogen) atoms. The highest BCUT2D eigenvalue weighted by Crippen LogP contribution is 2.33. The van der Waals surface area contributed by atoms with E-state index in [0.717, 1.165) is 30.6 Å². The van der Waals surface area contributed by atoms with Gasteiger partial charge < -0.3 is 10.6 Å². The molecule has 2 aromatic carbocycles. The number of halogens is 1. The second-order valence-electron chi connectivity index (χ2n) is 6.78. The van der Waals surface area contributed by atoms with Gasteiger partial charge in [-0.25, -0.2) is 0 Å². The molecule has 128 valence electrons. The summed E-state index contributed by atoms with van der Waals surface area (Å²) >= 11 is 0. The SMILES string of the molecule is CC1(CN)CCN(C(=O)C(c2ccccc2)c2ccccc2)C1.Cl. The van der Waals surface area contributed by atoms with E-state index in [1.54, 1.807) is 0 Å². The predicted octanol–water partition coefficient (Wildman–Crippen LogP) is 3.44. The van der Waals surface area contributed by atoms with Crippen LogP contribution >= 0.6 is 12.4 Å². The third kappa shape index (κ3) is 3.80. The molecule has 0 saturated carbocycles. The Morgan fingerprint density at radius 3 is 2.00 bits per heavy atom. The van der Waals surface area contributed by atoms with Crippen molar-refractivity contribution in [3.8, 4) is 0 Å². The van der Waals surface area contributed by atoms with Crippen LogP contribution in [0, 0.1) is 5.41 Å². The predicted molar refractivity (Wildman–Crippen MR) is 100 cm³/mol. The molecule has 0 bridgehead atoms. The summed E-state index contributed by atoms with van der Waals surface area (Å²) in [6, 6.07) is 20.1. The van der Waals surface area contributed by atoms with E-state index in [1.165, 1.54) is 0 Å². The second kappa shape index (κ2) is 7.82. The molecule has 0 radical (unpaired) electrons. The molecular weight excluding hydrogens is 320 g/mol. The lowest BCUT2D eigenvalue weighted by Gasteiger charge is -2.26. The summed E-state index contributed by atoms with van der Waals surface area (Å²) in [5, 5.41) is 0. The summed E-state index contributed by atoms with van der Waals surface area (Å²) in [7, 11) is 0. The third-order valence-corrected chi connectivity index (χ3v) is 4.88. The van der Waals surface area contributed by atoms with E-state index in [0.29, 0.717) is 6.54 Å². The van der Waals surface area contributed by atoms with E-state index < -0.39 is 0 Å². The highest BCUT2D eigenvalue weighted by Gasteiger charge is 2.37. The van der Waals surface area contributed by atoms with Gasteiger partial charge in [-0.3, -0.25) is 4.79 Å². The summed E-state index contributed by atoms with van der Waals surface area (Å²) in [5.74, 6) is -0.0582. The molecule has 1 saturated heterocycles. The molecule has 3 rings (SSSR count). The minimum absolute atomic E-state index is 0. The largest absolute Gasteiger partial charge is 0.341 e. The van der Waals surface area contributed by atoms with Gasteiger partial charge in [0, 0.05) is 13.1 Å². The number of benzene rings is 2. The maximum absolute atomic E-state index is 13.2. The molecule has 2 aromatic rings. The van der Waals surface area contributed by atoms with Crippen LogP contribution in [-0.2, 0) is 4.79 Å². The fourth-order valence-electron chi connectivity index (χ4n) is 3.33. The van der Waals surface area contributed by atoms with Gasteiger partial charge in [0.1, 0.15) is 0 Å². The second-order valence-corrected chi connectivity index (χ2v) is 6.78. The highest BCUT2D eigenvalue weighted by atomic mass is 35.5. The first-order valence-corrected chi connectivity index (χ1v) is 8.22. The van der Waals surface area contributed by atoms with Gasteiger partial charge in [0.2, 0.25) is 5.91 Å². The molecule has 1 unspecified atom stereocenters. The molecule has 2 N–H and O–H groups in total. The Hall–Kier alpha value is -1.84. The number of carbonyl (C=O) groups excluding carboxylic acids is 1. The first-order valence-electron chi connectivity index (χ1n) is 8.22. The van der Waals surface area contributed by atoms with Gasteiger partial charge in [-0.1, -0.05) is 67.6 Å². The first-order chi connectivity index (χ1) is 11.1. The fraction of sp³-hybridized carbons (Fsp3) is 0.350. The molecule has 1 fully saturated rings. The van der Waals surface area contributed by atoms with Crippen LogP contribution in [0.2, 0.25) is 0 Å². The van der Waals surface area contributed by atoms with Crippen LogP contribution in [0.5, 0.6) is 0 Å². The van der Waals surface area contributed by atoms with Crippen LogP contribution in [0.15, 0.2) is 60.7 Å². The summed E-state index contributed by atoms with van der Waals surface area (Å²) < 4.78 is 0. The van der Waals surface area contributed by atoms with E-state index in [4.69, 9.17) is 5.73 Å². The van der Waals surface area contributed by atoms with E-state index >= 15 is 0 Å². The molecule has 1 atom stereocenters. The zero-order valence-corrected chi connectivity index (χ0v) is 14.8. The number of carbonyl (C=O) groups is 1. The zero-order chi connectivity index (χ0) is 16.3. The lowest BCUT2D eigenvalue weighted by molar-refractivity contribution is -0.131. The van der Waals surface area contributed by atoms with E-state index in [9.17, 15) is 4.79 Å². The van der Waals surface area contributed by atoms with Crippen molar-refractivity contribution in [3.05, 3.63) is 71.8 Å². The molecule has 3 nitrogen and oxygen atoms in total. The maximum atomic E-state index is 13.2. The minimum atomic E-state index is -0.238. The van der Waals surface area contributed by atoms with Crippen molar-refractivity contribution in [2.24, 2.45) is 11.1 Å². The Labute approximate surface area is 150 Å². The van der Waals surface area contributed by atoms with Gasteiger partial charge >= 0.3 is 0 Å². The number of rotatable bonds is 4. The van der Waals surface area contributed by atoms with Crippen molar-refractivity contribution in [1.82, 2.24) is 4.90 Å². The van der Waals surface area contributed by atoms with Crippen LogP contribution in [0.1, 0.15) is 30.4 Å². The normalized spacial score (nSPS) is 20.0. The van der Waals surface area contributed by atoms with Crippen LogP contribution in [0.4, 0.5) is 0 Å². The molecule has 0 aliphatic carbocycles. The van der Waals surface area contributed by atoms with E-state index in [2.05, 4.69) is 6.92 Å². The van der Waals surface area contributed by atoms with Crippen LogP contribution in [0.3, 0.4) is 0 Å². The summed E-state index contributed by atoms with van der Waals surface area (Å²) in [5.41, 5.74) is 8.03. The Bertz CT molecular complexity index is 622. The van der Waals surface area contributed by atoms with Gasteiger partial charge in [-0.05, 0) is 29.5 Å². The fourth-order valence-corrected chi connectivity index (χ4v) is 3.33. The Balaban J connectivity index is 0.00000208. The van der Waals surface area contributed by atoms with Crippen LogP contribution in [-0.4, -0.2) is 30.4 Å². The zero-order valence-electron chi connectivity index (χ0n) is 14.0.